The summed E-state index contributed by atoms with van der Waals surface area (Å²) in [4.78, 5) is 2.55. The van der Waals surface area contributed by atoms with Crippen molar-refractivity contribution in [3.63, 3.8) is 0 Å². The maximum absolute atomic E-state index is 5.56. The number of rotatable bonds is 11. The molecule has 1 heterocycles. The summed E-state index contributed by atoms with van der Waals surface area (Å²) in [6.07, 6.45) is 3.95. The Balaban J connectivity index is 2.12. The lowest BCUT2D eigenvalue weighted by Crippen LogP contribution is -2.47. The molecule has 0 spiro atoms. The molecule has 0 saturated carbocycles. The summed E-state index contributed by atoms with van der Waals surface area (Å²) in [7, 11) is 3.45. The third-order valence-corrected chi connectivity index (χ3v) is 3.57. The molecule has 0 aromatic carbocycles. The zero-order valence-electron chi connectivity index (χ0n) is 12.5. The summed E-state index contributed by atoms with van der Waals surface area (Å²) < 4.78 is 15.6. The molecule has 0 radical (unpaired) electrons. The van der Waals surface area contributed by atoms with Crippen molar-refractivity contribution in [2.45, 2.75) is 25.3 Å². The topological polar surface area (TPSA) is 43.0 Å². The van der Waals surface area contributed by atoms with E-state index < -0.39 is 0 Å². The summed E-state index contributed by atoms with van der Waals surface area (Å²) in [5.74, 6) is 0. The second kappa shape index (κ2) is 11.6. The molecule has 1 aliphatic heterocycles. The molecular weight excluding hydrogens is 244 g/mol. The fourth-order valence-corrected chi connectivity index (χ4v) is 2.45. The van der Waals surface area contributed by atoms with Crippen LogP contribution in [0.4, 0.5) is 0 Å². The van der Waals surface area contributed by atoms with E-state index in [1.165, 1.54) is 25.8 Å². The van der Waals surface area contributed by atoms with Gasteiger partial charge in [0.05, 0.1) is 26.4 Å². The third kappa shape index (κ3) is 7.84. The Kier molecular flexibility index (Phi) is 10.3. The first kappa shape index (κ1) is 16.9. The van der Waals surface area contributed by atoms with Gasteiger partial charge in [-0.2, -0.15) is 0 Å². The molecule has 114 valence electrons. The third-order valence-electron chi connectivity index (χ3n) is 3.57. The molecule has 5 nitrogen and oxygen atoms in total. The minimum atomic E-state index is 0.650. The molecule has 0 bridgehead atoms. The van der Waals surface area contributed by atoms with Crippen LogP contribution in [-0.2, 0) is 14.2 Å². The van der Waals surface area contributed by atoms with Gasteiger partial charge in [-0.15, -0.1) is 0 Å². The van der Waals surface area contributed by atoms with Crippen LogP contribution >= 0.6 is 0 Å². The van der Waals surface area contributed by atoms with Crippen molar-refractivity contribution in [1.29, 1.82) is 0 Å². The van der Waals surface area contributed by atoms with Gasteiger partial charge in [0.25, 0.3) is 0 Å². The maximum Gasteiger partial charge on any atom is 0.0700 e. The molecule has 1 atom stereocenters. The predicted molar refractivity (Wildman–Crippen MR) is 76.7 cm³/mol. The summed E-state index contributed by atoms with van der Waals surface area (Å²) in [6, 6.07) is 0.650. The van der Waals surface area contributed by atoms with Gasteiger partial charge in [-0.1, -0.05) is 6.42 Å². The van der Waals surface area contributed by atoms with Gasteiger partial charge < -0.3 is 19.5 Å². The van der Waals surface area contributed by atoms with E-state index in [9.17, 15) is 0 Å². The monoisotopic (exact) mass is 274 g/mol. The van der Waals surface area contributed by atoms with Crippen molar-refractivity contribution in [3.05, 3.63) is 0 Å². The van der Waals surface area contributed by atoms with Crippen molar-refractivity contribution in [2.75, 3.05) is 66.8 Å². The van der Waals surface area contributed by atoms with Crippen molar-refractivity contribution in [1.82, 2.24) is 10.2 Å². The smallest absolute Gasteiger partial charge is 0.0700 e. The molecule has 1 saturated heterocycles. The molecule has 1 fully saturated rings. The minimum Gasteiger partial charge on any atom is -0.383 e. The maximum atomic E-state index is 5.56. The molecule has 0 amide bonds. The fourth-order valence-electron chi connectivity index (χ4n) is 2.45. The van der Waals surface area contributed by atoms with Gasteiger partial charge in [0, 0.05) is 39.9 Å². The van der Waals surface area contributed by atoms with Gasteiger partial charge in [-0.3, -0.25) is 4.90 Å². The Morgan fingerprint density at radius 3 is 2.68 bits per heavy atom. The molecule has 0 aromatic heterocycles. The largest absolute Gasteiger partial charge is 0.383 e. The van der Waals surface area contributed by atoms with Gasteiger partial charge in [0.15, 0.2) is 0 Å². The summed E-state index contributed by atoms with van der Waals surface area (Å²) >= 11 is 0. The van der Waals surface area contributed by atoms with Gasteiger partial charge >= 0.3 is 0 Å². The standard InChI is InChI=1S/C14H30N2O3/c1-17-9-6-15-13-14-5-3-4-7-16(14)8-10-19-12-11-18-2/h14-15H,3-13H2,1-2H3. The van der Waals surface area contributed by atoms with Gasteiger partial charge in [0.2, 0.25) is 0 Å². The molecule has 1 rings (SSSR count). The molecule has 1 aliphatic rings. The molecule has 0 aromatic rings. The highest BCUT2D eigenvalue weighted by Gasteiger charge is 2.21. The fraction of sp³-hybridized carbons (Fsp3) is 1.00. The number of hydrogen-bond donors (Lipinski definition) is 1. The van der Waals surface area contributed by atoms with Crippen molar-refractivity contribution < 1.29 is 14.2 Å². The number of hydrogen-bond acceptors (Lipinski definition) is 5. The van der Waals surface area contributed by atoms with E-state index in [4.69, 9.17) is 14.2 Å². The van der Waals surface area contributed by atoms with Crippen LogP contribution in [0.3, 0.4) is 0 Å². The van der Waals surface area contributed by atoms with Crippen molar-refractivity contribution in [3.8, 4) is 0 Å². The minimum absolute atomic E-state index is 0.650. The van der Waals surface area contributed by atoms with E-state index in [2.05, 4.69) is 10.2 Å². The number of ether oxygens (including phenoxy) is 3. The quantitative estimate of drug-likeness (QED) is 0.563. The predicted octanol–water partition coefficient (Wildman–Crippen LogP) is 0.740. The van der Waals surface area contributed by atoms with Gasteiger partial charge in [0.1, 0.15) is 0 Å². The lowest BCUT2D eigenvalue weighted by atomic mass is 10.0. The van der Waals surface area contributed by atoms with Gasteiger partial charge in [-0.25, -0.2) is 0 Å². The van der Waals surface area contributed by atoms with E-state index in [-0.39, 0.29) is 0 Å². The Morgan fingerprint density at radius 1 is 1.05 bits per heavy atom. The number of nitrogens with one attached hydrogen (secondary N) is 1. The number of methoxy groups -OCH3 is 2. The van der Waals surface area contributed by atoms with Crippen LogP contribution in [0, 0.1) is 0 Å². The van der Waals surface area contributed by atoms with Crippen LogP contribution < -0.4 is 5.32 Å². The molecule has 1 N–H and O–H groups in total. The first-order chi connectivity index (χ1) is 9.38. The SMILES string of the molecule is COCCNCC1CCCCN1CCOCCOC. The van der Waals surface area contributed by atoms with Crippen LogP contribution in [0.25, 0.3) is 0 Å². The summed E-state index contributed by atoms with van der Waals surface area (Å²) in [6.45, 7) is 7.19. The van der Waals surface area contributed by atoms with Crippen molar-refractivity contribution >= 4 is 0 Å². The molecule has 5 heteroatoms. The molecular formula is C14H30N2O3. The van der Waals surface area contributed by atoms with Crippen molar-refractivity contribution in [2.24, 2.45) is 0 Å². The normalized spacial score (nSPS) is 20.8. The lowest BCUT2D eigenvalue weighted by molar-refractivity contribution is 0.0421. The van der Waals surface area contributed by atoms with Crippen LogP contribution in [0.2, 0.25) is 0 Å². The number of likely N-dealkylation sites (tertiary alicyclic amines) is 1. The highest BCUT2D eigenvalue weighted by molar-refractivity contribution is 4.78. The second-order valence-corrected chi connectivity index (χ2v) is 4.99. The van der Waals surface area contributed by atoms with Crippen LogP contribution in [0.1, 0.15) is 19.3 Å². The van der Waals surface area contributed by atoms with Crippen LogP contribution in [-0.4, -0.2) is 77.8 Å². The van der Waals surface area contributed by atoms with E-state index in [0.29, 0.717) is 19.3 Å². The summed E-state index contributed by atoms with van der Waals surface area (Å²) in [5.41, 5.74) is 0. The first-order valence-electron chi connectivity index (χ1n) is 7.39. The highest BCUT2D eigenvalue weighted by atomic mass is 16.5. The molecule has 1 unspecified atom stereocenters. The highest BCUT2D eigenvalue weighted by Crippen LogP contribution is 2.15. The van der Waals surface area contributed by atoms with E-state index in [1.807, 2.05) is 0 Å². The molecule has 0 aliphatic carbocycles. The van der Waals surface area contributed by atoms with Crippen LogP contribution in [0.5, 0.6) is 0 Å². The molecule has 19 heavy (non-hydrogen) atoms. The Morgan fingerprint density at radius 2 is 1.89 bits per heavy atom. The summed E-state index contributed by atoms with van der Waals surface area (Å²) in [5, 5.41) is 3.47. The van der Waals surface area contributed by atoms with E-state index in [1.54, 1.807) is 14.2 Å². The Bertz CT molecular complexity index is 205. The first-order valence-corrected chi connectivity index (χ1v) is 7.39. The average molecular weight is 274 g/mol. The zero-order chi connectivity index (χ0) is 13.8. The van der Waals surface area contributed by atoms with Crippen LogP contribution in [0.15, 0.2) is 0 Å². The average Bonchev–Trinajstić information content (AvgIpc) is 2.45. The number of nitrogens with zero attached hydrogens (tertiary/aromatic N) is 1. The number of piperidine rings is 1. The van der Waals surface area contributed by atoms with E-state index >= 15 is 0 Å². The lowest BCUT2D eigenvalue weighted by Gasteiger charge is -2.35. The Labute approximate surface area is 117 Å². The Hall–Kier alpha value is -0.200. The van der Waals surface area contributed by atoms with E-state index in [0.717, 1.165) is 32.8 Å². The zero-order valence-corrected chi connectivity index (χ0v) is 12.5. The van der Waals surface area contributed by atoms with Gasteiger partial charge in [-0.05, 0) is 19.4 Å². The second-order valence-electron chi connectivity index (χ2n) is 4.99.